The van der Waals surface area contributed by atoms with Gasteiger partial charge in [0.2, 0.25) is 0 Å². The van der Waals surface area contributed by atoms with Crippen molar-refractivity contribution in [1.82, 2.24) is 0 Å². The third-order valence-electron chi connectivity index (χ3n) is 3.42. The van der Waals surface area contributed by atoms with Gasteiger partial charge in [-0.3, -0.25) is 0 Å². The molecule has 1 aromatic carbocycles. The Morgan fingerprint density at radius 2 is 1.95 bits per heavy atom. The molecule has 2 aromatic rings. The zero-order valence-electron chi connectivity index (χ0n) is 12.1. The molecule has 1 aromatic heterocycles. The minimum atomic E-state index is -0.223. The number of alkyl halides is 1. The molecule has 0 N–H and O–H groups in total. The number of ether oxygens (including phenoxy) is 1. The summed E-state index contributed by atoms with van der Waals surface area (Å²) in [5, 5.41) is -0.223. The molecule has 20 heavy (non-hydrogen) atoms. The summed E-state index contributed by atoms with van der Waals surface area (Å²) in [6.07, 6.45) is 0. The highest BCUT2D eigenvalue weighted by Gasteiger charge is 2.21. The van der Waals surface area contributed by atoms with E-state index >= 15 is 0 Å². The quantitative estimate of drug-likeness (QED) is 0.655. The number of rotatable bonds is 4. The first kappa shape index (κ1) is 15.5. The average Bonchev–Trinajstić information content (AvgIpc) is 2.65. The molecule has 2 nitrogen and oxygen atoms in total. The van der Waals surface area contributed by atoms with Crippen LogP contribution in [0.15, 0.2) is 27.1 Å². The predicted octanol–water partition coefficient (Wildman–Crippen LogP) is 5.69. The van der Waals surface area contributed by atoms with E-state index in [1.165, 1.54) is 0 Å². The monoisotopic (exact) mass is 356 g/mol. The van der Waals surface area contributed by atoms with Crippen molar-refractivity contribution in [3.63, 3.8) is 0 Å². The Morgan fingerprint density at radius 1 is 1.25 bits per heavy atom. The first-order valence-corrected chi connectivity index (χ1v) is 7.81. The van der Waals surface area contributed by atoms with Crippen molar-refractivity contribution in [3.05, 3.63) is 50.9 Å². The lowest BCUT2D eigenvalue weighted by Crippen LogP contribution is -1.98. The van der Waals surface area contributed by atoms with Gasteiger partial charge in [-0.05, 0) is 66.9 Å². The Kier molecular flexibility index (Phi) is 4.82. The van der Waals surface area contributed by atoms with Crippen LogP contribution in [-0.4, -0.2) is 6.61 Å². The second kappa shape index (κ2) is 6.23. The number of hydrogen-bond acceptors (Lipinski definition) is 2. The standard InChI is InChI=1S/C16H18BrClO2/c1-5-19-14-7-6-12(8-13(14)17)16(18)15-9(2)10(3)20-11(15)4/h6-8,16H,5H2,1-4H3. The van der Waals surface area contributed by atoms with Gasteiger partial charge >= 0.3 is 0 Å². The van der Waals surface area contributed by atoms with Gasteiger partial charge in [-0.1, -0.05) is 6.07 Å². The fraction of sp³-hybridized carbons (Fsp3) is 0.375. The van der Waals surface area contributed by atoms with E-state index in [2.05, 4.69) is 15.9 Å². The number of aryl methyl sites for hydroxylation is 2. The van der Waals surface area contributed by atoms with Gasteiger partial charge in [0.1, 0.15) is 17.3 Å². The fourth-order valence-electron chi connectivity index (χ4n) is 2.30. The molecule has 1 atom stereocenters. The summed E-state index contributed by atoms with van der Waals surface area (Å²) in [5.41, 5.74) is 3.20. The Bertz CT molecular complexity index is 619. The average molecular weight is 358 g/mol. The highest BCUT2D eigenvalue weighted by atomic mass is 79.9. The molecule has 108 valence electrons. The summed E-state index contributed by atoms with van der Waals surface area (Å²) >= 11 is 10.2. The molecule has 2 rings (SSSR count). The summed E-state index contributed by atoms with van der Waals surface area (Å²) < 4.78 is 12.1. The molecule has 0 aliphatic heterocycles. The summed E-state index contributed by atoms with van der Waals surface area (Å²) in [6, 6.07) is 5.94. The van der Waals surface area contributed by atoms with E-state index in [0.29, 0.717) is 6.61 Å². The second-order valence-corrected chi connectivity index (χ2v) is 6.03. The first-order chi connectivity index (χ1) is 9.45. The first-order valence-electron chi connectivity index (χ1n) is 6.58. The number of halogens is 2. The van der Waals surface area contributed by atoms with Crippen LogP contribution in [0.1, 0.15) is 40.5 Å². The van der Waals surface area contributed by atoms with Crippen molar-refractivity contribution in [1.29, 1.82) is 0 Å². The SMILES string of the molecule is CCOc1ccc(C(Cl)c2c(C)oc(C)c2C)cc1Br. The lowest BCUT2D eigenvalue weighted by molar-refractivity contribution is 0.338. The van der Waals surface area contributed by atoms with Gasteiger partial charge in [0.15, 0.2) is 0 Å². The molecule has 0 spiro atoms. The van der Waals surface area contributed by atoms with Crippen LogP contribution >= 0.6 is 27.5 Å². The summed E-state index contributed by atoms with van der Waals surface area (Å²) in [7, 11) is 0. The zero-order valence-corrected chi connectivity index (χ0v) is 14.4. The van der Waals surface area contributed by atoms with Crippen LogP contribution in [0.3, 0.4) is 0 Å². The van der Waals surface area contributed by atoms with Crippen LogP contribution in [-0.2, 0) is 0 Å². The van der Waals surface area contributed by atoms with E-state index in [1.807, 2.05) is 45.9 Å². The van der Waals surface area contributed by atoms with Gasteiger partial charge in [0.05, 0.1) is 16.5 Å². The van der Waals surface area contributed by atoms with E-state index in [4.69, 9.17) is 20.8 Å². The molecule has 0 saturated heterocycles. The van der Waals surface area contributed by atoms with Crippen molar-refractivity contribution in [2.24, 2.45) is 0 Å². The minimum Gasteiger partial charge on any atom is -0.493 e. The van der Waals surface area contributed by atoms with Crippen molar-refractivity contribution in [2.45, 2.75) is 33.1 Å². The van der Waals surface area contributed by atoms with Gasteiger partial charge in [-0.2, -0.15) is 0 Å². The predicted molar refractivity (Wildman–Crippen MR) is 85.9 cm³/mol. The largest absolute Gasteiger partial charge is 0.493 e. The van der Waals surface area contributed by atoms with Gasteiger partial charge in [0.25, 0.3) is 0 Å². The third-order valence-corrected chi connectivity index (χ3v) is 4.51. The minimum absolute atomic E-state index is 0.223. The molecule has 0 saturated carbocycles. The van der Waals surface area contributed by atoms with E-state index in [-0.39, 0.29) is 5.38 Å². The summed E-state index contributed by atoms with van der Waals surface area (Å²) in [4.78, 5) is 0. The molecule has 1 unspecified atom stereocenters. The van der Waals surface area contributed by atoms with E-state index in [9.17, 15) is 0 Å². The van der Waals surface area contributed by atoms with Crippen molar-refractivity contribution >= 4 is 27.5 Å². The van der Waals surface area contributed by atoms with Crippen LogP contribution in [0.2, 0.25) is 0 Å². The number of furan rings is 1. The fourth-order valence-corrected chi connectivity index (χ4v) is 3.26. The molecule has 0 bridgehead atoms. The third kappa shape index (κ3) is 2.89. The molecule has 0 amide bonds. The highest BCUT2D eigenvalue weighted by molar-refractivity contribution is 9.10. The van der Waals surface area contributed by atoms with Crippen LogP contribution in [0.25, 0.3) is 0 Å². The molecule has 0 aliphatic rings. The van der Waals surface area contributed by atoms with Gasteiger partial charge < -0.3 is 9.15 Å². The van der Waals surface area contributed by atoms with Gasteiger partial charge in [-0.25, -0.2) is 0 Å². The van der Waals surface area contributed by atoms with Gasteiger partial charge in [0, 0.05) is 5.56 Å². The molecular weight excluding hydrogens is 340 g/mol. The van der Waals surface area contributed by atoms with E-state index < -0.39 is 0 Å². The Morgan fingerprint density at radius 3 is 2.45 bits per heavy atom. The summed E-state index contributed by atoms with van der Waals surface area (Å²) in [6.45, 7) is 8.56. The maximum absolute atomic E-state index is 6.64. The van der Waals surface area contributed by atoms with Crippen LogP contribution in [0.4, 0.5) is 0 Å². The van der Waals surface area contributed by atoms with Crippen LogP contribution < -0.4 is 4.74 Å². The van der Waals surface area contributed by atoms with Crippen molar-refractivity contribution in [2.75, 3.05) is 6.61 Å². The molecule has 0 fully saturated rings. The maximum atomic E-state index is 6.64. The van der Waals surface area contributed by atoms with Gasteiger partial charge in [-0.15, -0.1) is 11.6 Å². The lowest BCUT2D eigenvalue weighted by atomic mass is 10.0. The Labute approximate surface area is 133 Å². The van der Waals surface area contributed by atoms with Crippen molar-refractivity contribution in [3.8, 4) is 5.75 Å². The zero-order chi connectivity index (χ0) is 14.9. The second-order valence-electron chi connectivity index (χ2n) is 4.74. The van der Waals surface area contributed by atoms with E-state index in [1.54, 1.807) is 0 Å². The molecule has 0 aliphatic carbocycles. The summed E-state index contributed by atoms with van der Waals surface area (Å²) in [5.74, 6) is 2.63. The Balaban J connectivity index is 2.38. The molecule has 0 radical (unpaired) electrons. The maximum Gasteiger partial charge on any atom is 0.133 e. The topological polar surface area (TPSA) is 22.4 Å². The molecule has 4 heteroatoms. The van der Waals surface area contributed by atoms with E-state index in [0.717, 1.165) is 38.4 Å². The smallest absolute Gasteiger partial charge is 0.133 e. The number of hydrogen-bond donors (Lipinski definition) is 0. The molecular formula is C16H18BrClO2. The highest BCUT2D eigenvalue weighted by Crippen LogP contribution is 2.38. The Hall–Kier alpha value is -0.930. The normalized spacial score (nSPS) is 12.5. The van der Waals surface area contributed by atoms with Crippen LogP contribution in [0.5, 0.6) is 5.75 Å². The van der Waals surface area contributed by atoms with Crippen LogP contribution in [0, 0.1) is 20.8 Å². The van der Waals surface area contributed by atoms with Crippen molar-refractivity contribution < 1.29 is 9.15 Å². The lowest BCUT2D eigenvalue weighted by Gasteiger charge is -2.13. The number of benzene rings is 1. The molecule has 1 heterocycles.